The molecule has 1 rings (SSSR count). The first kappa shape index (κ1) is 12.9. The number of nitro benzene ring substituents is 1. The van der Waals surface area contributed by atoms with Crippen LogP contribution in [0, 0.1) is 15.5 Å². The van der Waals surface area contributed by atoms with Gasteiger partial charge in [0.05, 0.1) is 11.5 Å². The van der Waals surface area contributed by atoms with Gasteiger partial charge in [0.1, 0.15) is 6.61 Å². The monoisotopic (exact) mass is 239 g/mol. The van der Waals surface area contributed by atoms with Crippen LogP contribution in [0.3, 0.4) is 0 Å². The summed E-state index contributed by atoms with van der Waals surface area (Å²) in [4.78, 5) is 10.2. The molecule has 0 aromatic heterocycles. The van der Waals surface area contributed by atoms with E-state index in [9.17, 15) is 10.1 Å². The van der Waals surface area contributed by atoms with Crippen molar-refractivity contribution in [1.82, 2.24) is 0 Å². The Hall–Kier alpha value is -2.15. The number of methoxy groups -OCH3 is 1. The number of hydrogen-bond donors (Lipinski definition) is 2. The molecule has 0 saturated carbocycles. The van der Waals surface area contributed by atoms with E-state index >= 15 is 0 Å². The van der Waals surface area contributed by atoms with Gasteiger partial charge in [-0.05, 0) is 0 Å². The molecule has 0 aliphatic rings. The highest BCUT2D eigenvalue weighted by molar-refractivity contribution is 5.87. The topological polar surface area (TPSA) is 111 Å². The Balaban J connectivity index is 3.05. The summed E-state index contributed by atoms with van der Waals surface area (Å²) in [5.74, 6) is 0.0788. The lowest BCUT2D eigenvalue weighted by Crippen LogP contribution is -2.07. The summed E-state index contributed by atoms with van der Waals surface area (Å²) in [5, 5.41) is 17.9. The minimum Gasteiger partial charge on any atom is -0.484 e. The van der Waals surface area contributed by atoms with E-state index in [1.165, 1.54) is 19.2 Å². The molecular weight excluding hydrogens is 226 g/mol. The third-order valence-corrected chi connectivity index (χ3v) is 2.06. The van der Waals surface area contributed by atoms with Gasteiger partial charge in [0.25, 0.3) is 0 Å². The Morgan fingerprint density at radius 1 is 1.53 bits per heavy atom. The predicted molar refractivity (Wildman–Crippen MR) is 62.8 cm³/mol. The van der Waals surface area contributed by atoms with E-state index in [-0.39, 0.29) is 29.3 Å². The number of nitrogens with zero attached hydrogens (tertiary/aromatic N) is 1. The molecule has 0 saturated heterocycles. The van der Waals surface area contributed by atoms with Gasteiger partial charge in [-0.25, -0.2) is 0 Å². The molecule has 1 aromatic rings. The first-order valence-corrected chi connectivity index (χ1v) is 4.80. The number of nitrogen functional groups attached to an aromatic ring is 1. The van der Waals surface area contributed by atoms with E-state index in [0.717, 1.165) is 6.21 Å². The molecule has 1 aromatic carbocycles. The average Bonchev–Trinajstić information content (AvgIpc) is 2.29. The van der Waals surface area contributed by atoms with E-state index in [0.29, 0.717) is 6.61 Å². The molecule has 0 radical (unpaired) electrons. The van der Waals surface area contributed by atoms with Crippen LogP contribution in [0.1, 0.15) is 5.56 Å². The summed E-state index contributed by atoms with van der Waals surface area (Å²) >= 11 is 0. The maximum atomic E-state index is 10.8. The molecule has 92 valence electrons. The molecule has 3 N–H and O–H groups in total. The number of nitro groups is 1. The van der Waals surface area contributed by atoms with Crippen molar-refractivity contribution >= 4 is 17.6 Å². The summed E-state index contributed by atoms with van der Waals surface area (Å²) < 4.78 is 9.97. The zero-order valence-electron chi connectivity index (χ0n) is 9.30. The molecule has 0 bridgehead atoms. The van der Waals surface area contributed by atoms with Crippen LogP contribution in [-0.2, 0) is 4.74 Å². The van der Waals surface area contributed by atoms with Crippen LogP contribution in [0.4, 0.5) is 11.4 Å². The fraction of sp³-hybridized carbons (Fsp3) is 0.300. The maximum absolute atomic E-state index is 10.8. The molecule has 0 aliphatic carbocycles. The Bertz CT molecular complexity index is 434. The summed E-state index contributed by atoms with van der Waals surface area (Å²) in [5.41, 5.74) is 5.96. The molecule has 0 amide bonds. The van der Waals surface area contributed by atoms with Crippen LogP contribution in [0.25, 0.3) is 0 Å². The number of ether oxygens (including phenoxy) is 2. The van der Waals surface area contributed by atoms with Crippen molar-refractivity contribution in [3.8, 4) is 5.75 Å². The summed E-state index contributed by atoms with van der Waals surface area (Å²) in [6.45, 7) is 0.518. The van der Waals surface area contributed by atoms with Gasteiger partial charge >= 0.3 is 5.69 Å². The molecule has 0 unspecified atom stereocenters. The van der Waals surface area contributed by atoms with E-state index in [1.54, 1.807) is 0 Å². The number of hydrogen-bond acceptors (Lipinski definition) is 6. The molecule has 0 fully saturated rings. The number of anilines is 1. The first-order valence-electron chi connectivity index (χ1n) is 4.80. The van der Waals surface area contributed by atoms with Crippen molar-refractivity contribution < 1.29 is 14.4 Å². The molecule has 0 aliphatic heterocycles. The normalized spacial score (nSPS) is 9.94. The van der Waals surface area contributed by atoms with Crippen molar-refractivity contribution in [2.75, 3.05) is 26.1 Å². The maximum Gasteiger partial charge on any atom is 0.311 e. The highest BCUT2D eigenvalue weighted by Crippen LogP contribution is 2.31. The van der Waals surface area contributed by atoms with Gasteiger partial charge in [-0.15, -0.1) is 0 Å². The average molecular weight is 239 g/mol. The van der Waals surface area contributed by atoms with Gasteiger partial charge in [0.15, 0.2) is 5.75 Å². The summed E-state index contributed by atoms with van der Waals surface area (Å²) in [6.07, 6.45) is 0.960. The minimum absolute atomic E-state index is 0.0788. The quantitative estimate of drug-likeness (QED) is 0.255. The van der Waals surface area contributed by atoms with Crippen molar-refractivity contribution in [1.29, 1.82) is 5.41 Å². The lowest BCUT2D eigenvalue weighted by molar-refractivity contribution is -0.385. The van der Waals surface area contributed by atoms with E-state index in [1.807, 2.05) is 0 Å². The predicted octanol–water partition coefficient (Wildman–Crippen LogP) is 1.20. The highest BCUT2D eigenvalue weighted by atomic mass is 16.6. The Morgan fingerprint density at radius 3 is 2.76 bits per heavy atom. The van der Waals surface area contributed by atoms with E-state index in [4.69, 9.17) is 20.6 Å². The summed E-state index contributed by atoms with van der Waals surface area (Å²) in [7, 11) is 1.50. The van der Waals surface area contributed by atoms with Crippen molar-refractivity contribution in [3.63, 3.8) is 0 Å². The van der Waals surface area contributed by atoms with Gasteiger partial charge in [0.2, 0.25) is 0 Å². The fourth-order valence-electron chi connectivity index (χ4n) is 1.22. The van der Waals surface area contributed by atoms with Crippen LogP contribution >= 0.6 is 0 Å². The molecule has 0 spiro atoms. The number of nitrogens with two attached hydrogens (primary N) is 1. The molecular formula is C10H13N3O4. The second-order valence-corrected chi connectivity index (χ2v) is 3.19. The smallest absolute Gasteiger partial charge is 0.311 e. The minimum atomic E-state index is -0.575. The number of benzene rings is 1. The first-order chi connectivity index (χ1) is 8.10. The molecule has 17 heavy (non-hydrogen) atoms. The fourth-order valence-corrected chi connectivity index (χ4v) is 1.22. The van der Waals surface area contributed by atoms with Crippen LogP contribution in [0.2, 0.25) is 0 Å². The van der Waals surface area contributed by atoms with Crippen molar-refractivity contribution in [2.45, 2.75) is 0 Å². The Labute approximate surface area is 97.8 Å². The molecule has 0 atom stereocenters. The standard InChI is InChI=1S/C10H13N3O4/c1-16-2-3-17-10-5-8(12)7(6-11)4-9(10)13(14)15/h4-6,11H,2-3,12H2,1H3. The van der Waals surface area contributed by atoms with Crippen LogP contribution in [-0.4, -0.2) is 31.5 Å². The van der Waals surface area contributed by atoms with Gasteiger partial charge in [-0.2, -0.15) is 0 Å². The van der Waals surface area contributed by atoms with Crippen LogP contribution in [0.5, 0.6) is 5.75 Å². The van der Waals surface area contributed by atoms with Gasteiger partial charge in [0, 0.05) is 36.7 Å². The largest absolute Gasteiger partial charge is 0.484 e. The zero-order valence-corrected chi connectivity index (χ0v) is 9.30. The highest BCUT2D eigenvalue weighted by Gasteiger charge is 2.17. The lowest BCUT2D eigenvalue weighted by atomic mass is 10.1. The third-order valence-electron chi connectivity index (χ3n) is 2.06. The van der Waals surface area contributed by atoms with Gasteiger partial charge in [-0.3, -0.25) is 10.1 Å². The SMILES string of the molecule is COCCOc1cc(N)c(C=N)cc1[N+](=O)[O-]. The van der Waals surface area contributed by atoms with Crippen LogP contribution < -0.4 is 10.5 Å². The van der Waals surface area contributed by atoms with Crippen molar-refractivity contribution in [3.05, 3.63) is 27.8 Å². The van der Waals surface area contributed by atoms with Crippen molar-refractivity contribution in [2.24, 2.45) is 0 Å². The van der Waals surface area contributed by atoms with E-state index < -0.39 is 4.92 Å². The van der Waals surface area contributed by atoms with Gasteiger partial charge in [-0.1, -0.05) is 0 Å². The number of rotatable bonds is 6. The number of nitrogens with one attached hydrogen (secondary N) is 1. The molecule has 7 nitrogen and oxygen atoms in total. The molecule has 0 heterocycles. The zero-order chi connectivity index (χ0) is 12.8. The second kappa shape index (κ2) is 5.80. The van der Waals surface area contributed by atoms with E-state index in [2.05, 4.69) is 0 Å². The Kier molecular flexibility index (Phi) is 4.41. The lowest BCUT2D eigenvalue weighted by Gasteiger charge is -2.08. The molecule has 7 heteroatoms. The summed E-state index contributed by atoms with van der Waals surface area (Å²) in [6, 6.07) is 2.55. The second-order valence-electron chi connectivity index (χ2n) is 3.19. The Morgan fingerprint density at radius 2 is 2.24 bits per heavy atom. The van der Waals surface area contributed by atoms with Gasteiger partial charge < -0.3 is 20.6 Å². The van der Waals surface area contributed by atoms with Crippen LogP contribution in [0.15, 0.2) is 12.1 Å². The third kappa shape index (κ3) is 3.15.